The SMILES string of the molecule is Cc1nn(C(C)C2CC2)c(Cl)c1C. The standard InChI is InChI=1S/C10H15ClN2/c1-6-7(2)12-13(10(6)11)8(3)9-4-5-9/h8-9H,4-5H2,1-3H3. The van der Waals surface area contributed by atoms with Gasteiger partial charge in [0.2, 0.25) is 0 Å². The summed E-state index contributed by atoms with van der Waals surface area (Å²) in [6, 6.07) is 0.472. The van der Waals surface area contributed by atoms with E-state index in [-0.39, 0.29) is 0 Å². The number of aryl methyl sites for hydroxylation is 1. The van der Waals surface area contributed by atoms with Crippen LogP contribution in [0.25, 0.3) is 0 Å². The van der Waals surface area contributed by atoms with Crippen LogP contribution >= 0.6 is 11.6 Å². The van der Waals surface area contributed by atoms with Crippen molar-refractivity contribution in [1.29, 1.82) is 0 Å². The van der Waals surface area contributed by atoms with Gasteiger partial charge < -0.3 is 0 Å². The number of halogens is 1. The Morgan fingerprint density at radius 1 is 1.46 bits per heavy atom. The minimum atomic E-state index is 0.472. The summed E-state index contributed by atoms with van der Waals surface area (Å²) in [5.74, 6) is 0.802. The quantitative estimate of drug-likeness (QED) is 0.714. The molecule has 0 radical (unpaired) electrons. The van der Waals surface area contributed by atoms with Crippen molar-refractivity contribution in [2.75, 3.05) is 0 Å². The Morgan fingerprint density at radius 3 is 2.46 bits per heavy atom. The molecule has 1 fully saturated rings. The Bertz CT molecular complexity index is 326. The minimum absolute atomic E-state index is 0.472. The first-order valence-corrected chi connectivity index (χ1v) is 5.20. The molecule has 0 aliphatic heterocycles. The Hall–Kier alpha value is -0.500. The van der Waals surface area contributed by atoms with Crippen molar-refractivity contribution in [3.05, 3.63) is 16.4 Å². The maximum atomic E-state index is 6.18. The van der Waals surface area contributed by atoms with Gasteiger partial charge in [-0.25, -0.2) is 0 Å². The summed E-state index contributed by atoms with van der Waals surface area (Å²) in [4.78, 5) is 0. The van der Waals surface area contributed by atoms with Crippen molar-refractivity contribution < 1.29 is 0 Å². The van der Waals surface area contributed by atoms with E-state index in [0.717, 1.165) is 22.3 Å². The lowest BCUT2D eigenvalue weighted by atomic mass is 10.2. The normalized spacial score (nSPS) is 19.1. The van der Waals surface area contributed by atoms with Gasteiger partial charge in [0, 0.05) is 5.56 Å². The molecule has 2 rings (SSSR count). The van der Waals surface area contributed by atoms with Gasteiger partial charge in [0.1, 0.15) is 5.15 Å². The summed E-state index contributed by atoms with van der Waals surface area (Å²) < 4.78 is 1.98. The number of nitrogens with zero attached hydrogens (tertiary/aromatic N) is 2. The molecule has 1 heterocycles. The van der Waals surface area contributed by atoms with E-state index >= 15 is 0 Å². The lowest BCUT2D eigenvalue weighted by Crippen LogP contribution is -2.09. The van der Waals surface area contributed by atoms with E-state index in [9.17, 15) is 0 Å². The van der Waals surface area contributed by atoms with Gasteiger partial charge in [0.15, 0.2) is 0 Å². The molecule has 1 saturated carbocycles. The average molecular weight is 199 g/mol. The van der Waals surface area contributed by atoms with Crippen LogP contribution in [0.4, 0.5) is 0 Å². The zero-order valence-corrected chi connectivity index (χ0v) is 9.10. The van der Waals surface area contributed by atoms with E-state index in [0.29, 0.717) is 6.04 Å². The average Bonchev–Trinajstić information content (AvgIpc) is 2.89. The number of hydrogen-bond donors (Lipinski definition) is 0. The smallest absolute Gasteiger partial charge is 0.130 e. The predicted molar refractivity (Wildman–Crippen MR) is 54.1 cm³/mol. The third-order valence-corrected chi connectivity index (χ3v) is 3.46. The molecule has 1 aliphatic rings. The van der Waals surface area contributed by atoms with Crippen LogP contribution in [0, 0.1) is 19.8 Å². The first-order chi connectivity index (χ1) is 6.11. The van der Waals surface area contributed by atoms with E-state index in [1.807, 2.05) is 18.5 Å². The number of hydrogen-bond acceptors (Lipinski definition) is 1. The Morgan fingerprint density at radius 2 is 2.08 bits per heavy atom. The topological polar surface area (TPSA) is 17.8 Å². The summed E-state index contributed by atoms with van der Waals surface area (Å²) in [5, 5.41) is 5.27. The molecule has 1 aromatic heterocycles. The molecular weight excluding hydrogens is 184 g/mol. The van der Waals surface area contributed by atoms with Crippen molar-refractivity contribution >= 4 is 11.6 Å². The highest BCUT2D eigenvalue weighted by Gasteiger charge is 2.31. The molecule has 0 saturated heterocycles. The fourth-order valence-corrected chi connectivity index (χ4v) is 1.98. The van der Waals surface area contributed by atoms with Crippen molar-refractivity contribution in [2.24, 2.45) is 5.92 Å². The van der Waals surface area contributed by atoms with Crippen molar-refractivity contribution in [1.82, 2.24) is 9.78 Å². The molecule has 1 atom stereocenters. The minimum Gasteiger partial charge on any atom is -0.250 e. The van der Waals surface area contributed by atoms with E-state index < -0.39 is 0 Å². The van der Waals surface area contributed by atoms with Crippen molar-refractivity contribution in [3.63, 3.8) is 0 Å². The molecule has 0 N–H and O–H groups in total. The summed E-state index contributed by atoms with van der Waals surface area (Å²) in [6.07, 6.45) is 2.66. The van der Waals surface area contributed by atoms with Crippen LogP contribution in [0.2, 0.25) is 5.15 Å². The molecule has 0 spiro atoms. The summed E-state index contributed by atoms with van der Waals surface area (Å²) in [7, 11) is 0. The molecule has 1 unspecified atom stereocenters. The molecule has 0 aromatic carbocycles. The number of aromatic nitrogens is 2. The molecule has 72 valence electrons. The second-order valence-electron chi connectivity index (χ2n) is 4.02. The van der Waals surface area contributed by atoms with E-state index in [2.05, 4.69) is 12.0 Å². The van der Waals surface area contributed by atoms with Crippen LogP contribution in [0.5, 0.6) is 0 Å². The first kappa shape index (κ1) is 9.07. The van der Waals surface area contributed by atoms with Crippen LogP contribution in [0.15, 0.2) is 0 Å². The van der Waals surface area contributed by atoms with Crippen LogP contribution < -0.4 is 0 Å². The molecular formula is C10H15ClN2. The van der Waals surface area contributed by atoms with Crippen LogP contribution in [-0.2, 0) is 0 Å². The fourth-order valence-electron chi connectivity index (χ4n) is 1.65. The summed E-state index contributed by atoms with van der Waals surface area (Å²) >= 11 is 6.18. The van der Waals surface area contributed by atoms with Crippen LogP contribution in [-0.4, -0.2) is 9.78 Å². The second-order valence-corrected chi connectivity index (χ2v) is 4.38. The molecule has 13 heavy (non-hydrogen) atoms. The lowest BCUT2D eigenvalue weighted by molar-refractivity contribution is 0.438. The van der Waals surface area contributed by atoms with E-state index in [4.69, 9.17) is 11.6 Å². The molecule has 0 amide bonds. The highest BCUT2D eigenvalue weighted by Crippen LogP contribution is 2.40. The fraction of sp³-hybridized carbons (Fsp3) is 0.700. The van der Waals surface area contributed by atoms with Gasteiger partial charge in [-0.15, -0.1) is 0 Å². The number of rotatable bonds is 2. The van der Waals surface area contributed by atoms with Gasteiger partial charge in [-0.3, -0.25) is 4.68 Å². The van der Waals surface area contributed by atoms with Gasteiger partial charge in [-0.2, -0.15) is 5.10 Å². The molecule has 0 bridgehead atoms. The molecule has 3 heteroatoms. The van der Waals surface area contributed by atoms with Crippen LogP contribution in [0.1, 0.15) is 37.1 Å². The van der Waals surface area contributed by atoms with E-state index in [1.165, 1.54) is 12.8 Å². The predicted octanol–water partition coefficient (Wildman–Crippen LogP) is 3.12. The van der Waals surface area contributed by atoms with E-state index in [1.54, 1.807) is 0 Å². The van der Waals surface area contributed by atoms with Crippen molar-refractivity contribution in [2.45, 2.75) is 39.7 Å². The maximum Gasteiger partial charge on any atom is 0.130 e. The largest absolute Gasteiger partial charge is 0.250 e. The first-order valence-electron chi connectivity index (χ1n) is 4.82. The lowest BCUT2D eigenvalue weighted by Gasteiger charge is -2.11. The van der Waals surface area contributed by atoms with Crippen LogP contribution in [0.3, 0.4) is 0 Å². The second kappa shape index (κ2) is 3.02. The maximum absolute atomic E-state index is 6.18. The zero-order valence-electron chi connectivity index (χ0n) is 8.34. The third kappa shape index (κ3) is 1.48. The Labute approximate surface area is 83.9 Å². The third-order valence-electron chi connectivity index (χ3n) is 3.00. The van der Waals surface area contributed by atoms with Gasteiger partial charge in [-0.1, -0.05) is 11.6 Å². The molecule has 1 aliphatic carbocycles. The van der Waals surface area contributed by atoms with Gasteiger partial charge >= 0.3 is 0 Å². The summed E-state index contributed by atoms with van der Waals surface area (Å²) in [6.45, 7) is 6.24. The zero-order chi connectivity index (χ0) is 9.59. The monoisotopic (exact) mass is 198 g/mol. The summed E-state index contributed by atoms with van der Waals surface area (Å²) in [5.41, 5.74) is 2.17. The molecule has 2 nitrogen and oxygen atoms in total. The highest BCUT2D eigenvalue weighted by atomic mass is 35.5. The van der Waals surface area contributed by atoms with Gasteiger partial charge in [0.05, 0.1) is 11.7 Å². The van der Waals surface area contributed by atoms with Gasteiger partial charge in [0.25, 0.3) is 0 Å². The Kier molecular flexibility index (Phi) is 2.11. The highest BCUT2D eigenvalue weighted by molar-refractivity contribution is 6.30. The van der Waals surface area contributed by atoms with Gasteiger partial charge in [-0.05, 0) is 39.5 Å². The van der Waals surface area contributed by atoms with Crippen molar-refractivity contribution in [3.8, 4) is 0 Å². The molecule has 1 aromatic rings. The Balaban J connectivity index is 2.33.